The van der Waals surface area contributed by atoms with E-state index in [2.05, 4.69) is 10.6 Å². The van der Waals surface area contributed by atoms with Gasteiger partial charge in [0.05, 0.1) is 72.7 Å². The highest BCUT2D eigenvalue weighted by atomic mass is 16.8. The monoisotopic (exact) mass is 1880 g/mol. The van der Waals surface area contributed by atoms with Gasteiger partial charge in [0.2, 0.25) is 11.8 Å². The summed E-state index contributed by atoms with van der Waals surface area (Å²) in [6.45, 7) is -10.8. The van der Waals surface area contributed by atoms with Crippen LogP contribution in [0.5, 0.6) is 0 Å². The van der Waals surface area contributed by atoms with Crippen LogP contribution >= 0.6 is 0 Å². The SMILES string of the molecule is CC(=O)N[C@@H]1[C@@H](O)[C@H](O[C@@H]2O[C@H](CO)[C@@H](O[C@@H]3O[C@H](CO[C@H]4O[C@H](CO[C@H]5O[C@H](CO)[C@@H](O)[C@H](O)[C@@H]5O[C@H]5O[C@H](CO)[C@@H](O)[C@H](O)[C@@H]5O)[C@@H](O)[C@H](O[C@H]5O[C@H](CO)[C@@H](O)[C@H](O)[C@@H]5O[C@H]5O[C@H](CO)[C@@H](O)[C@H](O)[C@@H]5O)[C@@H]4O)[C@@H](O)[C@H](O[C@H]4O[C@H](CO)[C@@H](O)[C@H](O[C@H]5O[C@H](CO)[C@@H](O)[C@H](O)[C@@H]5O[C@H]5O[C@H](CO)[C@@H](O)[C@H](O)[C@@H]5O)[C@@H]4O)[C@@H]3O)[C@H](O)[C@H]2NC(C)=O)[C@@H](CO)O[C@H]1O. The molecular formula is C70H118N2O56. The molecule has 11 aliphatic heterocycles. The molecule has 0 radical (unpaired) electrons. The first kappa shape index (κ1) is 105. The van der Waals surface area contributed by atoms with Gasteiger partial charge < -0.3 is 279 Å². The zero-order valence-electron chi connectivity index (χ0n) is 67.7. The van der Waals surface area contributed by atoms with Crippen molar-refractivity contribution in [3.05, 3.63) is 0 Å². The topological polar surface area (TPSA) is 920 Å². The van der Waals surface area contributed by atoms with Crippen LogP contribution in [0.15, 0.2) is 0 Å². The van der Waals surface area contributed by atoms with Crippen LogP contribution in [0.1, 0.15) is 13.8 Å². The fraction of sp³-hybridized carbons (Fsp3) is 0.971. The Morgan fingerprint density at radius 2 is 0.430 bits per heavy atom. The minimum absolute atomic E-state index is 0.820. The third kappa shape index (κ3) is 22.5. The maximum atomic E-state index is 13.1. The lowest BCUT2D eigenvalue weighted by molar-refractivity contribution is -0.403. The molecule has 0 saturated carbocycles. The minimum atomic E-state index is -2.66. The van der Waals surface area contributed by atoms with Gasteiger partial charge in [-0.05, 0) is 0 Å². The van der Waals surface area contributed by atoms with Gasteiger partial charge in [-0.1, -0.05) is 0 Å². The minimum Gasteiger partial charge on any atom is -0.394 e. The van der Waals surface area contributed by atoms with Crippen LogP contribution in [0.2, 0.25) is 0 Å². The first-order chi connectivity index (χ1) is 60.7. The van der Waals surface area contributed by atoms with Crippen LogP contribution < -0.4 is 10.6 Å². The van der Waals surface area contributed by atoms with Crippen molar-refractivity contribution in [2.45, 2.75) is 351 Å². The van der Waals surface area contributed by atoms with Crippen molar-refractivity contribution in [1.82, 2.24) is 10.6 Å². The smallest absolute Gasteiger partial charge is 0.217 e. The summed E-state index contributed by atoms with van der Waals surface area (Å²) in [5.41, 5.74) is 0. The number of carbonyl (C=O) groups excluding carboxylic acids is 2. The number of aliphatic hydroxyl groups is 33. The van der Waals surface area contributed by atoms with Crippen LogP contribution in [0.4, 0.5) is 0 Å². The van der Waals surface area contributed by atoms with Crippen molar-refractivity contribution in [1.29, 1.82) is 0 Å². The second kappa shape index (κ2) is 45.8. The number of amides is 2. The van der Waals surface area contributed by atoms with Crippen LogP contribution in [0.25, 0.3) is 0 Å². The molecule has 0 aliphatic carbocycles. The molecule has 0 bridgehead atoms. The lowest BCUT2D eigenvalue weighted by atomic mass is 9.94. The Hall–Kier alpha value is -3.22. The predicted molar refractivity (Wildman–Crippen MR) is 386 cm³/mol. The summed E-state index contributed by atoms with van der Waals surface area (Å²) in [4.78, 5) is 25.3. The summed E-state index contributed by atoms with van der Waals surface area (Å²) in [6, 6.07) is -3.69. The zero-order valence-corrected chi connectivity index (χ0v) is 67.7. The Morgan fingerprint density at radius 1 is 0.203 bits per heavy atom. The van der Waals surface area contributed by atoms with Gasteiger partial charge in [-0.15, -0.1) is 0 Å². The molecule has 744 valence electrons. The van der Waals surface area contributed by atoms with Gasteiger partial charge in [0, 0.05) is 13.8 Å². The van der Waals surface area contributed by atoms with Gasteiger partial charge in [0.1, 0.15) is 268 Å². The van der Waals surface area contributed by atoms with E-state index in [1.165, 1.54) is 0 Å². The van der Waals surface area contributed by atoms with E-state index >= 15 is 0 Å². The van der Waals surface area contributed by atoms with E-state index in [1.54, 1.807) is 0 Å². The molecule has 0 aromatic heterocycles. The predicted octanol–water partition coefficient (Wildman–Crippen LogP) is -24.7. The second-order valence-electron chi connectivity index (χ2n) is 32.3. The summed E-state index contributed by atoms with van der Waals surface area (Å²) >= 11 is 0. The molecule has 2 amide bonds. The Balaban J connectivity index is 0.944. The normalized spacial score (nSPS) is 51.7. The molecule has 58 heteroatoms. The van der Waals surface area contributed by atoms with Gasteiger partial charge in [0.25, 0.3) is 0 Å². The average molecular weight is 1880 g/mol. The van der Waals surface area contributed by atoms with Gasteiger partial charge in [0.15, 0.2) is 69.2 Å². The molecule has 0 unspecified atom stereocenters. The summed E-state index contributed by atoms with van der Waals surface area (Å²) in [7, 11) is 0. The number of nitrogens with one attached hydrogen (secondary N) is 2. The molecular weight excluding hydrogens is 1760 g/mol. The highest BCUT2D eigenvalue weighted by Gasteiger charge is 2.62. The van der Waals surface area contributed by atoms with Crippen molar-refractivity contribution in [3.63, 3.8) is 0 Å². The second-order valence-corrected chi connectivity index (χ2v) is 32.3. The third-order valence-corrected chi connectivity index (χ3v) is 23.8. The van der Waals surface area contributed by atoms with Crippen LogP contribution in [-0.2, 0) is 109 Å². The quantitative estimate of drug-likeness (QED) is 0.0290. The van der Waals surface area contributed by atoms with E-state index in [4.69, 9.17) is 99.5 Å². The molecule has 0 aromatic rings. The Bertz CT molecular complexity index is 3380. The molecule has 11 fully saturated rings. The molecule has 11 heterocycles. The molecule has 55 atom stereocenters. The maximum Gasteiger partial charge on any atom is 0.217 e. The molecule has 35 N–H and O–H groups in total. The molecule has 11 rings (SSSR count). The fourth-order valence-corrected chi connectivity index (χ4v) is 16.5. The summed E-state index contributed by atoms with van der Waals surface area (Å²) < 4.78 is 123. The van der Waals surface area contributed by atoms with Crippen molar-refractivity contribution in [2.75, 3.05) is 72.7 Å². The van der Waals surface area contributed by atoms with E-state index in [9.17, 15) is 178 Å². The molecule has 58 nitrogen and oxygen atoms in total. The van der Waals surface area contributed by atoms with Crippen molar-refractivity contribution >= 4 is 11.8 Å². The van der Waals surface area contributed by atoms with E-state index in [1.807, 2.05) is 0 Å². The Labute approximate surface area is 722 Å². The van der Waals surface area contributed by atoms with Gasteiger partial charge >= 0.3 is 0 Å². The number of hydrogen-bond acceptors (Lipinski definition) is 56. The van der Waals surface area contributed by atoms with E-state index in [0.717, 1.165) is 13.8 Å². The molecule has 128 heavy (non-hydrogen) atoms. The van der Waals surface area contributed by atoms with Crippen molar-refractivity contribution in [2.24, 2.45) is 0 Å². The largest absolute Gasteiger partial charge is 0.394 e. The van der Waals surface area contributed by atoms with Crippen molar-refractivity contribution < 1.29 is 278 Å². The van der Waals surface area contributed by atoms with E-state index < -0.39 is 422 Å². The number of hydrogen-bond donors (Lipinski definition) is 35. The lowest BCUT2D eigenvalue weighted by Gasteiger charge is -2.51. The van der Waals surface area contributed by atoms with Gasteiger partial charge in [-0.2, -0.15) is 0 Å². The number of aliphatic hydroxyl groups excluding tert-OH is 33. The Morgan fingerprint density at radius 3 is 0.789 bits per heavy atom. The van der Waals surface area contributed by atoms with Gasteiger partial charge in [-0.25, -0.2) is 0 Å². The van der Waals surface area contributed by atoms with Crippen LogP contribution in [-0.4, -0.2) is 591 Å². The molecule has 0 spiro atoms. The van der Waals surface area contributed by atoms with Crippen LogP contribution in [0, 0.1) is 0 Å². The first-order valence-corrected chi connectivity index (χ1v) is 40.7. The van der Waals surface area contributed by atoms with E-state index in [0.29, 0.717) is 0 Å². The fourth-order valence-electron chi connectivity index (χ4n) is 16.5. The number of carbonyl (C=O) groups is 2. The maximum absolute atomic E-state index is 13.1. The highest BCUT2D eigenvalue weighted by molar-refractivity contribution is 5.73. The summed E-state index contributed by atoms with van der Waals surface area (Å²) in [5.74, 6) is -1.81. The van der Waals surface area contributed by atoms with Crippen LogP contribution in [0.3, 0.4) is 0 Å². The lowest BCUT2D eigenvalue weighted by Crippen LogP contribution is -2.70. The van der Waals surface area contributed by atoms with Gasteiger partial charge in [-0.3, -0.25) is 9.59 Å². The standard InChI is InChI=1S/C70H118N2O56/c1-14(82)71-27-38(93)52(23(10-80)110-60(27)107)121-61-28(72-15(2)83)39(94)53(24(11-81)118-61)122-67-51(106)56(123-66-50(105)54(35(90)22(9-79)114-66)124-69-58(44(99)33(88)20(7-77)116-69)127-64-47(102)41(96)30(85)17(4-74)112-64)37(92)26(120-67)12-108-62-49(104)55(125-70-59(45(100)34(89)21(8-78)117-70)128-65-48(103)42(97)31(86)18(5-75)113-65)36(91)25(119-62)13-109-68-57(43(98)32(87)19(6-76)115-68)126-63-46(101)40(95)29(84)16(3-73)111-63/h16-70,73-81,84-107H,3-13H2,1-2H3,(H,71,82)(H,72,83)/t16-,17-,18-,19-,20-,21-,22-,23-,24-,25-,26-,27-,28-,29-,30-,31-,32-,33-,34-,35-,36-,37-,38-,39-,40+,41+,42+,43+,44+,45+,46+,47+,48+,49+,50+,51+,52-,53-,54+,55+,56+,57+,58+,59+,60-,61+,62+,63-,64-,65-,66-,67+,68+,69-,70-/m1/s1. The zero-order chi connectivity index (χ0) is 94.0. The highest BCUT2D eigenvalue weighted by Crippen LogP contribution is 2.42. The Kier molecular flexibility index (Phi) is 37.7. The molecule has 11 aliphatic rings. The third-order valence-electron chi connectivity index (χ3n) is 23.8. The molecule has 11 saturated heterocycles. The van der Waals surface area contributed by atoms with Crippen molar-refractivity contribution in [3.8, 4) is 0 Å². The van der Waals surface area contributed by atoms with E-state index in [-0.39, 0.29) is 0 Å². The number of rotatable bonds is 33. The summed E-state index contributed by atoms with van der Waals surface area (Å²) in [5, 5.41) is 372. The first-order valence-electron chi connectivity index (χ1n) is 40.7. The number of ether oxygens (including phenoxy) is 21. The molecule has 0 aromatic carbocycles. The summed E-state index contributed by atoms with van der Waals surface area (Å²) in [6.07, 6.45) is -116. The average Bonchev–Trinajstić information content (AvgIpc) is 0.767.